The van der Waals surface area contributed by atoms with Crippen LogP contribution in [0.15, 0.2) is 41.0 Å². The van der Waals surface area contributed by atoms with Crippen molar-refractivity contribution in [2.24, 2.45) is 0 Å². The van der Waals surface area contributed by atoms with Gasteiger partial charge in [-0.2, -0.15) is 4.98 Å². The summed E-state index contributed by atoms with van der Waals surface area (Å²) in [6.07, 6.45) is 2.46. The summed E-state index contributed by atoms with van der Waals surface area (Å²) in [6, 6.07) is 9.18. The predicted molar refractivity (Wildman–Crippen MR) is 85.8 cm³/mol. The van der Waals surface area contributed by atoms with Crippen molar-refractivity contribution in [1.82, 2.24) is 14.9 Å². The minimum atomic E-state index is -0.0228. The number of likely N-dealkylation sites (tertiary alicyclic amines) is 1. The molecule has 0 radical (unpaired) electrons. The predicted octanol–water partition coefficient (Wildman–Crippen LogP) is 2.84. The van der Waals surface area contributed by atoms with E-state index in [0.29, 0.717) is 30.4 Å². The zero-order chi connectivity index (χ0) is 15.5. The lowest BCUT2D eigenvalue weighted by atomic mass is 10.2. The Labute approximate surface area is 137 Å². The van der Waals surface area contributed by atoms with Crippen LogP contribution in [0.3, 0.4) is 0 Å². The third-order valence-corrected chi connectivity index (χ3v) is 4.03. The molecule has 0 aliphatic carbocycles. The van der Waals surface area contributed by atoms with Gasteiger partial charge in [0.05, 0.1) is 6.54 Å². The van der Waals surface area contributed by atoms with Crippen molar-refractivity contribution in [1.29, 1.82) is 0 Å². The largest absolute Gasteiger partial charge is 0.472 e. The fourth-order valence-corrected chi connectivity index (χ4v) is 2.88. The molecule has 2 aromatic rings. The SMILES string of the molecule is Cc1nccc(O[C@H]2CCN(C(=O)c3cccc(Br)c3)C2)n1. The van der Waals surface area contributed by atoms with Gasteiger partial charge in [-0.05, 0) is 25.1 Å². The highest BCUT2D eigenvalue weighted by Crippen LogP contribution is 2.20. The molecule has 1 aromatic carbocycles. The normalized spacial score (nSPS) is 17.5. The minimum Gasteiger partial charge on any atom is -0.472 e. The van der Waals surface area contributed by atoms with Crippen LogP contribution < -0.4 is 4.74 Å². The van der Waals surface area contributed by atoms with Gasteiger partial charge in [0.1, 0.15) is 11.9 Å². The smallest absolute Gasteiger partial charge is 0.254 e. The van der Waals surface area contributed by atoms with Crippen LogP contribution in [0.2, 0.25) is 0 Å². The first-order valence-corrected chi connectivity index (χ1v) is 7.92. The molecular formula is C16H16BrN3O2. The topological polar surface area (TPSA) is 55.3 Å². The van der Waals surface area contributed by atoms with Crippen molar-refractivity contribution in [2.75, 3.05) is 13.1 Å². The van der Waals surface area contributed by atoms with E-state index < -0.39 is 0 Å². The molecule has 0 N–H and O–H groups in total. The molecular weight excluding hydrogens is 346 g/mol. The summed E-state index contributed by atoms with van der Waals surface area (Å²) in [5.41, 5.74) is 0.688. The first-order chi connectivity index (χ1) is 10.6. The van der Waals surface area contributed by atoms with E-state index in [1.54, 1.807) is 12.3 Å². The maximum Gasteiger partial charge on any atom is 0.254 e. The average molecular weight is 362 g/mol. The van der Waals surface area contributed by atoms with Gasteiger partial charge in [0.25, 0.3) is 5.91 Å². The molecule has 1 atom stereocenters. The van der Waals surface area contributed by atoms with E-state index >= 15 is 0 Å². The van der Waals surface area contributed by atoms with Gasteiger partial charge in [0.15, 0.2) is 0 Å². The summed E-state index contributed by atoms with van der Waals surface area (Å²) >= 11 is 3.39. The van der Waals surface area contributed by atoms with E-state index in [9.17, 15) is 4.79 Å². The molecule has 2 heterocycles. The molecule has 3 rings (SSSR count). The van der Waals surface area contributed by atoms with Crippen LogP contribution in [0.4, 0.5) is 0 Å². The lowest BCUT2D eigenvalue weighted by molar-refractivity contribution is 0.0771. The standard InChI is InChI=1S/C16H16BrN3O2/c1-11-18-7-5-15(19-11)22-14-6-8-20(10-14)16(21)12-3-2-4-13(17)9-12/h2-5,7,9,14H,6,8,10H2,1H3/t14-/m0/s1. The lowest BCUT2D eigenvalue weighted by Crippen LogP contribution is -2.31. The third-order valence-electron chi connectivity index (χ3n) is 3.54. The molecule has 0 bridgehead atoms. The summed E-state index contributed by atoms with van der Waals surface area (Å²) in [4.78, 5) is 22.6. The quantitative estimate of drug-likeness (QED) is 0.843. The molecule has 5 nitrogen and oxygen atoms in total. The van der Waals surface area contributed by atoms with Crippen molar-refractivity contribution < 1.29 is 9.53 Å². The van der Waals surface area contributed by atoms with Crippen molar-refractivity contribution in [3.05, 3.63) is 52.4 Å². The van der Waals surface area contributed by atoms with Crippen LogP contribution in [-0.2, 0) is 0 Å². The van der Waals surface area contributed by atoms with E-state index in [-0.39, 0.29) is 12.0 Å². The van der Waals surface area contributed by atoms with Crippen LogP contribution in [0, 0.1) is 6.92 Å². The fourth-order valence-electron chi connectivity index (χ4n) is 2.48. The van der Waals surface area contributed by atoms with Gasteiger partial charge in [-0.3, -0.25) is 4.79 Å². The molecule has 1 aliphatic rings. The number of carbonyl (C=O) groups excluding carboxylic acids is 1. The van der Waals surface area contributed by atoms with E-state index in [1.165, 1.54) is 0 Å². The maximum atomic E-state index is 12.5. The molecule has 114 valence electrons. The molecule has 6 heteroatoms. The lowest BCUT2D eigenvalue weighted by Gasteiger charge is -2.17. The summed E-state index contributed by atoms with van der Waals surface area (Å²) in [6.45, 7) is 3.10. The number of ether oxygens (including phenoxy) is 1. The fraction of sp³-hybridized carbons (Fsp3) is 0.312. The Hall–Kier alpha value is -1.95. The summed E-state index contributed by atoms with van der Waals surface area (Å²) in [7, 11) is 0. The third kappa shape index (κ3) is 3.44. The molecule has 1 amide bonds. The molecule has 1 aromatic heterocycles. The summed E-state index contributed by atoms with van der Waals surface area (Å²) in [5.74, 6) is 1.28. The van der Waals surface area contributed by atoms with Gasteiger partial charge in [-0.25, -0.2) is 4.98 Å². The van der Waals surface area contributed by atoms with Crippen molar-refractivity contribution in [3.8, 4) is 5.88 Å². The van der Waals surface area contributed by atoms with E-state index in [4.69, 9.17) is 4.74 Å². The Bertz CT molecular complexity index is 693. The Kier molecular flexibility index (Phi) is 4.38. The van der Waals surface area contributed by atoms with Crippen LogP contribution in [-0.4, -0.2) is 40.0 Å². The number of hydrogen-bond acceptors (Lipinski definition) is 4. The monoisotopic (exact) mass is 361 g/mol. The van der Waals surface area contributed by atoms with Crippen molar-refractivity contribution in [2.45, 2.75) is 19.4 Å². The minimum absolute atomic E-state index is 0.0228. The van der Waals surface area contributed by atoms with Crippen molar-refractivity contribution in [3.63, 3.8) is 0 Å². The number of carbonyl (C=O) groups is 1. The summed E-state index contributed by atoms with van der Waals surface area (Å²) < 4.78 is 6.75. The maximum absolute atomic E-state index is 12.5. The van der Waals surface area contributed by atoms with Crippen LogP contribution in [0.1, 0.15) is 22.6 Å². The van der Waals surface area contributed by atoms with Crippen LogP contribution >= 0.6 is 15.9 Å². The van der Waals surface area contributed by atoms with Crippen LogP contribution in [0.5, 0.6) is 5.88 Å². The number of halogens is 1. The molecule has 1 saturated heterocycles. The number of aromatic nitrogens is 2. The molecule has 1 fully saturated rings. The zero-order valence-electron chi connectivity index (χ0n) is 12.2. The van der Waals surface area contributed by atoms with E-state index in [2.05, 4.69) is 25.9 Å². The van der Waals surface area contributed by atoms with E-state index in [0.717, 1.165) is 10.9 Å². The van der Waals surface area contributed by atoms with Gasteiger partial charge < -0.3 is 9.64 Å². The number of aryl methyl sites for hydroxylation is 1. The molecule has 0 unspecified atom stereocenters. The average Bonchev–Trinajstić information content (AvgIpc) is 2.95. The Balaban J connectivity index is 1.63. The highest BCUT2D eigenvalue weighted by atomic mass is 79.9. The Morgan fingerprint density at radius 1 is 1.41 bits per heavy atom. The second-order valence-electron chi connectivity index (χ2n) is 5.23. The van der Waals surface area contributed by atoms with Gasteiger partial charge in [0, 0.05) is 35.3 Å². The van der Waals surface area contributed by atoms with Gasteiger partial charge in [-0.15, -0.1) is 0 Å². The highest BCUT2D eigenvalue weighted by molar-refractivity contribution is 9.10. The van der Waals surface area contributed by atoms with Crippen molar-refractivity contribution >= 4 is 21.8 Å². The number of hydrogen-bond donors (Lipinski definition) is 0. The second kappa shape index (κ2) is 6.44. The summed E-state index contributed by atoms with van der Waals surface area (Å²) in [5, 5.41) is 0. The van der Waals surface area contributed by atoms with E-state index in [1.807, 2.05) is 36.1 Å². The molecule has 1 aliphatic heterocycles. The number of nitrogens with zero attached hydrogens (tertiary/aromatic N) is 3. The molecule has 0 spiro atoms. The van der Waals surface area contributed by atoms with Crippen LogP contribution in [0.25, 0.3) is 0 Å². The first-order valence-electron chi connectivity index (χ1n) is 7.13. The highest BCUT2D eigenvalue weighted by Gasteiger charge is 2.28. The molecule has 22 heavy (non-hydrogen) atoms. The second-order valence-corrected chi connectivity index (χ2v) is 6.15. The van der Waals surface area contributed by atoms with Gasteiger partial charge in [-0.1, -0.05) is 22.0 Å². The van der Waals surface area contributed by atoms with Gasteiger partial charge >= 0.3 is 0 Å². The zero-order valence-corrected chi connectivity index (χ0v) is 13.8. The first kappa shape index (κ1) is 15.0. The molecule has 0 saturated carbocycles. The Morgan fingerprint density at radius 2 is 2.27 bits per heavy atom. The Morgan fingerprint density at radius 3 is 3.05 bits per heavy atom. The number of rotatable bonds is 3. The number of amides is 1. The number of benzene rings is 1. The van der Waals surface area contributed by atoms with Gasteiger partial charge in [0.2, 0.25) is 5.88 Å².